The van der Waals surface area contributed by atoms with Crippen molar-refractivity contribution in [1.82, 2.24) is 0 Å². The molecule has 0 spiro atoms. The number of anilines is 2. The van der Waals surface area contributed by atoms with Crippen LogP contribution in [0.2, 0.25) is 0 Å². The van der Waals surface area contributed by atoms with Gasteiger partial charge in [-0.1, -0.05) is 12.1 Å². The maximum atomic E-state index is 13.0. The Kier molecular flexibility index (Phi) is 9.44. The van der Waals surface area contributed by atoms with Crippen molar-refractivity contribution >= 4 is 60.9 Å². The van der Waals surface area contributed by atoms with Crippen molar-refractivity contribution in [2.75, 3.05) is 10.6 Å². The number of hydrogen-bond acceptors (Lipinski definition) is 9. The van der Waals surface area contributed by atoms with Crippen LogP contribution >= 0.6 is 0 Å². The number of hydrogen-bond donors (Lipinski definition) is 6. The van der Waals surface area contributed by atoms with Crippen molar-refractivity contribution in [1.29, 1.82) is 0 Å². The summed E-state index contributed by atoms with van der Waals surface area (Å²) in [5, 5.41) is 25.0. The number of carbonyl (C=O) groups excluding carboxylic acids is 3. The molecule has 0 saturated heterocycles. The third-order valence-electron chi connectivity index (χ3n) is 7.95. The van der Waals surface area contributed by atoms with E-state index in [4.69, 9.17) is 0 Å². The van der Waals surface area contributed by atoms with E-state index in [1.54, 1.807) is 0 Å². The first kappa shape index (κ1) is 35.6. The molecule has 52 heavy (non-hydrogen) atoms. The van der Waals surface area contributed by atoms with E-state index in [-0.39, 0.29) is 56.7 Å². The third-order valence-corrected chi connectivity index (χ3v) is 9.80. The fraction of sp³-hybridized carbons (Fsp3) is 0.0571. The smallest absolute Gasteiger partial charge is 0.323 e. The van der Waals surface area contributed by atoms with Gasteiger partial charge in [0.15, 0.2) is 0 Å². The van der Waals surface area contributed by atoms with Gasteiger partial charge in [0.1, 0.15) is 11.5 Å². The quantitative estimate of drug-likeness (QED) is 0.148. The number of urea groups is 1. The fourth-order valence-corrected chi connectivity index (χ4v) is 6.60. The van der Waals surface area contributed by atoms with Crippen LogP contribution in [-0.4, -0.2) is 65.4 Å². The first-order chi connectivity index (χ1) is 24.5. The molecule has 0 radical (unpaired) electrons. The van der Waals surface area contributed by atoms with Crippen LogP contribution in [0.3, 0.4) is 0 Å². The van der Waals surface area contributed by atoms with E-state index in [1.807, 2.05) is 0 Å². The summed E-state index contributed by atoms with van der Waals surface area (Å²) in [5.74, 6) is -1.77. The summed E-state index contributed by atoms with van der Waals surface area (Å²) in [6.07, 6.45) is 1.83. The van der Waals surface area contributed by atoms with Crippen LogP contribution in [0.4, 0.5) is 16.2 Å². The van der Waals surface area contributed by atoms with Gasteiger partial charge in [-0.3, -0.25) is 18.7 Å². The third kappa shape index (κ3) is 8.03. The lowest BCUT2D eigenvalue weighted by Crippen LogP contribution is -2.19. The number of amides is 4. The van der Waals surface area contributed by atoms with Gasteiger partial charge in [-0.2, -0.15) is 16.8 Å². The van der Waals surface area contributed by atoms with Crippen LogP contribution in [0, 0.1) is 0 Å². The Labute approximate surface area is 295 Å². The van der Waals surface area contributed by atoms with Crippen molar-refractivity contribution in [3.05, 3.63) is 140 Å². The second-order valence-electron chi connectivity index (χ2n) is 11.5. The number of benzene rings is 4. The van der Waals surface area contributed by atoms with Crippen molar-refractivity contribution < 1.29 is 50.5 Å². The summed E-state index contributed by atoms with van der Waals surface area (Å²) in [5.41, 5.74) is 2.14. The highest BCUT2D eigenvalue weighted by Crippen LogP contribution is 2.29. The van der Waals surface area contributed by atoms with E-state index in [2.05, 4.69) is 20.6 Å². The molecule has 4 aromatic rings. The number of aliphatic imine (C=N–C) groups is 2. The largest absolute Gasteiger partial charge is 0.508 e. The summed E-state index contributed by atoms with van der Waals surface area (Å²) in [6, 6.07) is 18.8. The lowest BCUT2D eigenvalue weighted by Gasteiger charge is -2.17. The van der Waals surface area contributed by atoms with Crippen molar-refractivity contribution in [3.63, 3.8) is 0 Å². The second-order valence-corrected chi connectivity index (χ2v) is 14.5. The lowest BCUT2D eigenvalue weighted by atomic mass is 9.94. The Bertz CT molecular complexity index is 2350. The molecule has 0 fully saturated rings. The molecule has 0 saturated carbocycles. The average Bonchev–Trinajstić information content (AvgIpc) is 3.08. The zero-order valence-corrected chi connectivity index (χ0v) is 28.1. The van der Waals surface area contributed by atoms with Crippen LogP contribution in [0.15, 0.2) is 117 Å². The van der Waals surface area contributed by atoms with Crippen LogP contribution in [-0.2, 0) is 33.1 Å². The predicted octanol–water partition coefficient (Wildman–Crippen LogP) is 4.66. The molecule has 17 heteroatoms. The molecular weight excluding hydrogens is 717 g/mol. The van der Waals surface area contributed by atoms with Crippen LogP contribution in [0.5, 0.6) is 11.5 Å². The van der Waals surface area contributed by atoms with E-state index in [1.165, 1.54) is 84.9 Å². The summed E-state index contributed by atoms with van der Waals surface area (Å²) < 4.78 is 66.3. The maximum absolute atomic E-state index is 13.0. The monoisotopic (exact) mass is 742 g/mol. The average molecular weight is 743 g/mol. The second kappa shape index (κ2) is 13.8. The Hall–Kier alpha value is -6.27. The van der Waals surface area contributed by atoms with E-state index in [0.717, 1.165) is 12.2 Å². The molecule has 0 aliphatic heterocycles. The molecule has 0 heterocycles. The highest BCUT2D eigenvalue weighted by molar-refractivity contribution is 7.90. The number of nitrogens with one attached hydrogen (secondary N) is 2. The maximum Gasteiger partial charge on any atom is 0.323 e. The Morgan fingerprint density at radius 1 is 0.558 bits per heavy atom. The van der Waals surface area contributed by atoms with Crippen LogP contribution < -0.4 is 10.6 Å². The summed E-state index contributed by atoms with van der Waals surface area (Å²) in [6.45, 7) is 0. The number of rotatable bonds is 6. The molecule has 4 amide bonds. The predicted molar refractivity (Wildman–Crippen MR) is 190 cm³/mol. The van der Waals surface area contributed by atoms with Crippen molar-refractivity contribution in [3.8, 4) is 11.5 Å². The topological polar surface area (TPSA) is 249 Å². The van der Waals surface area contributed by atoms with Gasteiger partial charge in [-0.15, -0.1) is 0 Å². The fourth-order valence-electron chi connectivity index (χ4n) is 5.40. The van der Waals surface area contributed by atoms with Crippen molar-refractivity contribution in [2.24, 2.45) is 9.98 Å². The molecule has 15 nitrogen and oxygen atoms in total. The lowest BCUT2D eigenvalue weighted by molar-refractivity contribution is 0.0994. The van der Waals surface area contributed by atoms with Gasteiger partial charge in [0.25, 0.3) is 32.1 Å². The Morgan fingerprint density at radius 3 is 1.27 bits per heavy atom. The number of aromatic hydroxyl groups is 2. The molecule has 6 rings (SSSR count). The molecule has 2 aliphatic carbocycles. The number of carbonyl (C=O) groups is 3. The van der Waals surface area contributed by atoms with E-state index >= 15 is 0 Å². The number of fused-ring (bicyclic) bond motifs is 2. The van der Waals surface area contributed by atoms with Gasteiger partial charge in [-0.05, 0) is 96.1 Å². The van der Waals surface area contributed by atoms with Crippen LogP contribution in [0.1, 0.15) is 43.0 Å². The zero-order chi connectivity index (χ0) is 37.4. The molecule has 0 aromatic heterocycles. The molecule has 6 N–H and O–H groups in total. The highest BCUT2D eigenvalue weighted by atomic mass is 32.2. The zero-order valence-electron chi connectivity index (χ0n) is 26.5. The highest BCUT2D eigenvalue weighted by Gasteiger charge is 2.26. The number of nitrogens with zero attached hydrogens (tertiary/aromatic N) is 2. The Morgan fingerprint density at radius 2 is 0.923 bits per heavy atom. The van der Waals surface area contributed by atoms with E-state index in [0.29, 0.717) is 33.6 Å². The molecule has 4 aromatic carbocycles. The molecule has 0 unspecified atom stereocenters. The summed E-state index contributed by atoms with van der Waals surface area (Å²) in [7, 11) is -9.14. The standard InChI is InChI=1S/C35H26N4O11S2/c40-25-11-5-21-13-27(51(45,46)47)17-31(29(21)15-25)38-33(42)19-1-7-23(8-2-19)36-35(44)37-24-9-3-20(4-10-24)34(43)39-32-18-28(52(48,49)50)14-22-6-12-26(41)16-30(22)32/h1-12,15-18,40-41H,13-14H2,(H2,36,37,44)(H,45,46,47)(H,48,49,50). The first-order valence-electron chi connectivity index (χ1n) is 15.1. The van der Waals surface area contributed by atoms with Gasteiger partial charge in [0.2, 0.25) is 0 Å². The van der Waals surface area contributed by atoms with Gasteiger partial charge in [-0.25, -0.2) is 14.8 Å². The van der Waals surface area contributed by atoms with Gasteiger partial charge in [0, 0.05) is 46.5 Å². The van der Waals surface area contributed by atoms with Crippen LogP contribution in [0.25, 0.3) is 0 Å². The van der Waals surface area contributed by atoms with Gasteiger partial charge in [0.05, 0.1) is 21.2 Å². The number of phenolic OH excluding ortho intramolecular Hbond substituents is 2. The summed E-state index contributed by atoms with van der Waals surface area (Å²) in [4.78, 5) is 45.9. The molecule has 0 bridgehead atoms. The van der Waals surface area contributed by atoms with Gasteiger partial charge >= 0.3 is 6.03 Å². The number of allylic oxidation sites excluding steroid dienone is 4. The molecular formula is C35H26N4O11S2. The van der Waals surface area contributed by atoms with E-state index in [9.17, 15) is 50.5 Å². The summed E-state index contributed by atoms with van der Waals surface area (Å²) >= 11 is 0. The minimum absolute atomic E-state index is 0.0702. The first-order valence-corrected chi connectivity index (χ1v) is 18.0. The molecule has 0 atom stereocenters. The SMILES string of the molecule is O=C(Nc1ccc(C(=O)N=C2C=C(S(=O)(=O)O)Cc3ccc(O)cc32)cc1)Nc1ccc(C(=O)N=C2C=C(S(=O)(=O)O)Cc3ccc(O)cc32)cc1. The minimum Gasteiger partial charge on any atom is -0.508 e. The molecule has 264 valence electrons. The van der Waals surface area contributed by atoms with Crippen molar-refractivity contribution in [2.45, 2.75) is 12.8 Å². The Balaban J connectivity index is 1.12. The minimum atomic E-state index is -4.57. The molecule has 2 aliphatic rings. The van der Waals surface area contributed by atoms with E-state index < -0.39 is 38.1 Å². The van der Waals surface area contributed by atoms with Gasteiger partial charge < -0.3 is 20.8 Å². The number of phenols is 2. The normalized spacial score (nSPS) is 15.6.